The molecule has 4 nitrogen and oxygen atoms in total. The minimum Gasteiger partial charge on any atom is -0.467 e. The van der Waals surface area contributed by atoms with Gasteiger partial charge in [-0.05, 0) is 31.6 Å². The Morgan fingerprint density at radius 1 is 1.61 bits per heavy atom. The van der Waals surface area contributed by atoms with Gasteiger partial charge in [0.25, 0.3) is 0 Å². The van der Waals surface area contributed by atoms with Crippen molar-refractivity contribution in [3.8, 4) is 0 Å². The second kappa shape index (κ2) is 6.29. The maximum Gasteiger partial charge on any atom is 0.341 e. The number of methoxy groups -OCH3 is 1. The third-order valence-corrected chi connectivity index (χ3v) is 4.45. The van der Waals surface area contributed by atoms with Gasteiger partial charge in [-0.25, -0.2) is 4.79 Å². The summed E-state index contributed by atoms with van der Waals surface area (Å²) >= 11 is 1.94. The van der Waals surface area contributed by atoms with Crippen LogP contribution in [0, 0.1) is 0 Å². The highest BCUT2D eigenvalue weighted by molar-refractivity contribution is 7.99. The fraction of sp³-hybridized carbons (Fsp3) is 0.615. The van der Waals surface area contributed by atoms with Crippen LogP contribution >= 0.6 is 11.8 Å². The molecule has 1 aliphatic carbocycles. The Labute approximate surface area is 111 Å². The molecule has 100 valence electrons. The van der Waals surface area contributed by atoms with Crippen LogP contribution < -0.4 is 5.32 Å². The van der Waals surface area contributed by atoms with Crippen molar-refractivity contribution in [2.24, 2.45) is 0 Å². The second-order valence-electron chi connectivity index (χ2n) is 4.54. The van der Waals surface area contributed by atoms with Crippen LogP contribution in [0.3, 0.4) is 0 Å². The van der Waals surface area contributed by atoms with E-state index in [1.54, 1.807) is 6.07 Å². The normalized spacial score (nSPS) is 23.2. The van der Waals surface area contributed by atoms with Crippen molar-refractivity contribution in [2.45, 2.75) is 37.1 Å². The van der Waals surface area contributed by atoms with Crippen molar-refractivity contribution in [2.75, 3.05) is 13.4 Å². The Morgan fingerprint density at radius 2 is 2.44 bits per heavy atom. The van der Waals surface area contributed by atoms with Crippen LogP contribution in [0.5, 0.6) is 0 Å². The number of hydrogen-bond donors (Lipinski definition) is 1. The number of esters is 1. The van der Waals surface area contributed by atoms with E-state index < -0.39 is 0 Å². The van der Waals surface area contributed by atoms with Gasteiger partial charge in [0.15, 0.2) is 0 Å². The summed E-state index contributed by atoms with van der Waals surface area (Å²) in [6, 6.07) is 2.30. The molecule has 2 unspecified atom stereocenters. The van der Waals surface area contributed by atoms with Gasteiger partial charge in [-0.1, -0.05) is 0 Å². The van der Waals surface area contributed by atoms with Gasteiger partial charge in [-0.2, -0.15) is 11.8 Å². The van der Waals surface area contributed by atoms with Gasteiger partial charge in [0.1, 0.15) is 12.0 Å². The summed E-state index contributed by atoms with van der Waals surface area (Å²) in [6.07, 6.45) is 7.33. The molecule has 1 N–H and O–H groups in total. The van der Waals surface area contributed by atoms with E-state index in [-0.39, 0.29) is 5.97 Å². The lowest BCUT2D eigenvalue weighted by atomic mass is 10.2. The Balaban J connectivity index is 1.80. The predicted octanol–water partition coefficient (Wildman–Crippen LogP) is 2.44. The van der Waals surface area contributed by atoms with Crippen LogP contribution in [-0.2, 0) is 11.3 Å². The van der Waals surface area contributed by atoms with Crippen LogP contribution in [-0.4, -0.2) is 30.6 Å². The number of thioether (sulfide) groups is 1. The molecular formula is C13H19NO3S. The summed E-state index contributed by atoms with van der Waals surface area (Å²) in [6.45, 7) is 0.669. The first-order valence-electron chi connectivity index (χ1n) is 6.15. The monoisotopic (exact) mass is 269 g/mol. The number of hydrogen-bond acceptors (Lipinski definition) is 5. The molecular weight excluding hydrogens is 250 g/mol. The summed E-state index contributed by atoms with van der Waals surface area (Å²) in [5, 5.41) is 4.26. The molecule has 1 heterocycles. The van der Waals surface area contributed by atoms with E-state index in [1.807, 2.05) is 11.8 Å². The molecule has 0 bridgehead atoms. The van der Waals surface area contributed by atoms with Gasteiger partial charge >= 0.3 is 5.97 Å². The van der Waals surface area contributed by atoms with Crippen molar-refractivity contribution >= 4 is 17.7 Å². The number of ether oxygens (including phenoxy) is 1. The second-order valence-corrected chi connectivity index (χ2v) is 5.68. The smallest absolute Gasteiger partial charge is 0.341 e. The standard InChI is InChI=1S/C13H19NO3S/c1-16-13(15)9-5-11(17-8-9)7-14-10-3-4-12(6-10)18-2/h5,8,10,12,14H,3-4,6-7H2,1-2H3. The van der Waals surface area contributed by atoms with Gasteiger partial charge < -0.3 is 14.5 Å². The Hall–Kier alpha value is -0.940. The molecule has 0 aromatic carbocycles. The molecule has 0 saturated heterocycles. The van der Waals surface area contributed by atoms with E-state index in [4.69, 9.17) is 4.42 Å². The molecule has 0 amide bonds. The molecule has 2 rings (SSSR count). The third-order valence-electron chi connectivity index (χ3n) is 3.36. The SMILES string of the molecule is COC(=O)c1coc(CNC2CCC(SC)C2)c1. The molecule has 0 radical (unpaired) electrons. The highest BCUT2D eigenvalue weighted by Gasteiger charge is 2.23. The highest BCUT2D eigenvalue weighted by atomic mass is 32.2. The summed E-state index contributed by atoms with van der Waals surface area (Å²) in [5.41, 5.74) is 0.475. The molecule has 1 aromatic rings. The van der Waals surface area contributed by atoms with Gasteiger partial charge in [-0.15, -0.1) is 0 Å². The van der Waals surface area contributed by atoms with Crippen molar-refractivity contribution in [1.29, 1.82) is 0 Å². The fourth-order valence-corrected chi connectivity index (χ4v) is 3.08. The van der Waals surface area contributed by atoms with Gasteiger partial charge in [-0.3, -0.25) is 0 Å². The summed E-state index contributed by atoms with van der Waals surface area (Å²) < 4.78 is 9.97. The van der Waals surface area contributed by atoms with Crippen molar-refractivity contribution < 1.29 is 13.9 Å². The number of furan rings is 1. The number of carbonyl (C=O) groups excluding carboxylic acids is 1. The first kappa shape index (κ1) is 13.5. The number of nitrogens with one attached hydrogen (secondary N) is 1. The zero-order valence-corrected chi connectivity index (χ0v) is 11.6. The van der Waals surface area contributed by atoms with E-state index in [9.17, 15) is 4.79 Å². The van der Waals surface area contributed by atoms with Gasteiger partial charge in [0.2, 0.25) is 0 Å². The summed E-state index contributed by atoms with van der Waals surface area (Å²) in [5.74, 6) is 0.427. The maximum absolute atomic E-state index is 11.3. The molecule has 0 spiro atoms. The zero-order chi connectivity index (χ0) is 13.0. The molecule has 5 heteroatoms. The Kier molecular flexibility index (Phi) is 4.72. The van der Waals surface area contributed by atoms with Gasteiger partial charge in [0, 0.05) is 11.3 Å². The van der Waals surface area contributed by atoms with Crippen LogP contribution in [0.2, 0.25) is 0 Å². The van der Waals surface area contributed by atoms with E-state index in [0.29, 0.717) is 18.2 Å². The largest absolute Gasteiger partial charge is 0.467 e. The first-order valence-corrected chi connectivity index (χ1v) is 7.43. The van der Waals surface area contributed by atoms with Crippen molar-refractivity contribution in [3.05, 3.63) is 23.7 Å². The lowest BCUT2D eigenvalue weighted by molar-refractivity contribution is 0.0600. The number of rotatable bonds is 5. The minimum atomic E-state index is -0.353. The van der Waals surface area contributed by atoms with Gasteiger partial charge in [0.05, 0.1) is 19.2 Å². The Bertz CT molecular complexity index is 405. The summed E-state index contributed by atoms with van der Waals surface area (Å²) in [4.78, 5) is 11.3. The summed E-state index contributed by atoms with van der Waals surface area (Å²) in [7, 11) is 1.37. The quantitative estimate of drug-likeness (QED) is 0.832. The number of carbonyl (C=O) groups is 1. The molecule has 2 atom stereocenters. The van der Waals surface area contributed by atoms with E-state index in [1.165, 1.54) is 32.6 Å². The average Bonchev–Trinajstić information content (AvgIpc) is 3.04. The van der Waals surface area contributed by atoms with Crippen LogP contribution in [0.25, 0.3) is 0 Å². The van der Waals surface area contributed by atoms with E-state index >= 15 is 0 Å². The molecule has 1 aromatic heterocycles. The van der Waals surface area contributed by atoms with E-state index in [0.717, 1.165) is 11.0 Å². The average molecular weight is 269 g/mol. The predicted molar refractivity (Wildman–Crippen MR) is 71.8 cm³/mol. The molecule has 0 aliphatic heterocycles. The lowest BCUT2D eigenvalue weighted by Crippen LogP contribution is -2.25. The first-order chi connectivity index (χ1) is 8.72. The lowest BCUT2D eigenvalue weighted by Gasteiger charge is -2.11. The van der Waals surface area contributed by atoms with Crippen LogP contribution in [0.1, 0.15) is 35.4 Å². The van der Waals surface area contributed by atoms with Crippen molar-refractivity contribution in [3.63, 3.8) is 0 Å². The maximum atomic E-state index is 11.3. The van der Waals surface area contributed by atoms with Crippen molar-refractivity contribution in [1.82, 2.24) is 5.32 Å². The topological polar surface area (TPSA) is 51.5 Å². The van der Waals surface area contributed by atoms with Crippen LogP contribution in [0.4, 0.5) is 0 Å². The fourth-order valence-electron chi connectivity index (χ4n) is 2.28. The highest BCUT2D eigenvalue weighted by Crippen LogP contribution is 2.28. The minimum absolute atomic E-state index is 0.353. The van der Waals surface area contributed by atoms with E-state index in [2.05, 4.69) is 16.3 Å². The zero-order valence-electron chi connectivity index (χ0n) is 10.8. The van der Waals surface area contributed by atoms with Crippen LogP contribution in [0.15, 0.2) is 16.7 Å². The molecule has 1 fully saturated rings. The molecule has 1 saturated carbocycles. The molecule has 1 aliphatic rings. The molecule has 18 heavy (non-hydrogen) atoms. The Morgan fingerprint density at radius 3 is 3.11 bits per heavy atom. The third kappa shape index (κ3) is 3.29.